The molecule has 3 rings (SSSR count). The van der Waals surface area contributed by atoms with Crippen molar-refractivity contribution in [2.75, 3.05) is 31.1 Å². The van der Waals surface area contributed by atoms with Gasteiger partial charge in [-0.15, -0.1) is 0 Å². The van der Waals surface area contributed by atoms with Crippen molar-refractivity contribution >= 4 is 27.5 Å². The summed E-state index contributed by atoms with van der Waals surface area (Å²) in [4.78, 5) is 16.4. The molecule has 0 aliphatic carbocycles. The SMILES string of the molecule is O=C(Cc1ccccc1Br)N1CCN(c2cccc(F)c2)CC1. The molecule has 0 aromatic heterocycles. The Bertz CT molecular complexity index is 699. The van der Waals surface area contributed by atoms with E-state index in [9.17, 15) is 9.18 Å². The normalized spacial score (nSPS) is 14.9. The average Bonchev–Trinajstić information content (AvgIpc) is 2.57. The molecule has 0 spiro atoms. The third-order valence-electron chi connectivity index (χ3n) is 4.11. The molecule has 2 aromatic rings. The molecule has 1 heterocycles. The van der Waals surface area contributed by atoms with Gasteiger partial charge in [-0.3, -0.25) is 4.79 Å². The molecule has 1 aliphatic heterocycles. The molecule has 1 saturated heterocycles. The molecule has 120 valence electrons. The molecule has 0 saturated carbocycles. The fourth-order valence-corrected chi connectivity index (χ4v) is 3.23. The number of nitrogens with zero attached hydrogens (tertiary/aromatic N) is 2. The van der Waals surface area contributed by atoms with E-state index in [2.05, 4.69) is 20.8 Å². The van der Waals surface area contributed by atoms with Gasteiger partial charge in [-0.05, 0) is 29.8 Å². The van der Waals surface area contributed by atoms with Crippen molar-refractivity contribution in [1.82, 2.24) is 4.90 Å². The Morgan fingerprint density at radius 1 is 1.04 bits per heavy atom. The predicted octanol–water partition coefficient (Wildman–Crippen LogP) is 3.48. The van der Waals surface area contributed by atoms with Gasteiger partial charge < -0.3 is 9.80 Å². The van der Waals surface area contributed by atoms with Gasteiger partial charge in [-0.25, -0.2) is 4.39 Å². The van der Waals surface area contributed by atoms with Gasteiger partial charge in [-0.2, -0.15) is 0 Å². The van der Waals surface area contributed by atoms with Crippen LogP contribution in [0.3, 0.4) is 0 Å². The molecule has 3 nitrogen and oxygen atoms in total. The highest BCUT2D eigenvalue weighted by atomic mass is 79.9. The van der Waals surface area contributed by atoms with Crippen LogP contribution in [0, 0.1) is 5.82 Å². The summed E-state index contributed by atoms with van der Waals surface area (Å²) in [6, 6.07) is 14.4. The third-order valence-corrected chi connectivity index (χ3v) is 4.88. The second kappa shape index (κ2) is 7.13. The topological polar surface area (TPSA) is 23.6 Å². The fraction of sp³-hybridized carbons (Fsp3) is 0.278. The van der Waals surface area contributed by atoms with Gasteiger partial charge in [0.1, 0.15) is 5.82 Å². The van der Waals surface area contributed by atoms with Crippen molar-refractivity contribution in [3.05, 3.63) is 64.4 Å². The van der Waals surface area contributed by atoms with Crippen LogP contribution in [0.5, 0.6) is 0 Å². The van der Waals surface area contributed by atoms with E-state index in [0.717, 1.165) is 28.8 Å². The number of anilines is 1. The number of piperazine rings is 1. The van der Waals surface area contributed by atoms with Crippen LogP contribution in [0.2, 0.25) is 0 Å². The Labute approximate surface area is 143 Å². The summed E-state index contributed by atoms with van der Waals surface area (Å²) in [6.45, 7) is 2.79. The lowest BCUT2D eigenvalue weighted by molar-refractivity contribution is -0.130. The molecular formula is C18H18BrFN2O. The minimum Gasteiger partial charge on any atom is -0.368 e. The maximum absolute atomic E-state index is 13.3. The van der Waals surface area contributed by atoms with Gasteiger partial charge in [0.05, 0.1) is 6.42 Å². The first-order chi connectivity index (χ1) is 11.1. The zero-order valence-electron chi connectivity index (χ0n) is 12.7. The van der Waals surface area contributed by atoms with Gasteiger partial charge in [0, 0.05) is 36.3 Å². The van der Waals surface area contributed by atoms with E-state index in [1.165, 1.54) is 6.07 Å². The third kappa shape index (κ3) is 3.91. The van der Waals surface area contributed by atoms with Gasteiger partial charge >= 0.3 is 0 Å². The molecular weight excluding hydrogens is 359 g/mol. The Balaban J connectivity index is 1.58. The monoisotopic (exact) mass is 376 g/mol. The number of halogens is 2. The van der Waals surface area contributed by atoms with E-state index in [-0.39, 0.29) is 11.7 Å². The number of benzene rings is 2. The molecule has 1 fully saturated rings. The Hall–Kier alpha value is -1.88. The first-order valence-corrected chi connectivity index (χ1v) is 8.44. The minimum atomic E-state index is -0.227. The maximum Gasteiger partial charge on any atom is 0.227 e. The van der Waals surface area contributed by atoms with Crippen molar-refractivity contribution in [2.45, 2.75) is 6.42 Å². The first-order valence-electron chi connectivity index (χ1n) is 7.65. The lowest BCUT2D eigenvalue weighted by atomic mass is 10.1. The van der Waals surface area contributed by atoms with Gasteiger partial charge in [0.2, 0.25) is 5.91 Å². The number of hydrogen-bond donors (Lipinski definition) is 0. The largest absolute Gasteiger partial charge is 0.368 e. The molecule has 0 bridgehead atoms. The molecule has 0 radical (unpaired) electrons. The molecule has 23 heavy (non-hydrogen) atoms. The summed E-state index contributed by atoms with van der Waals surface area (Å²) < 4.78 is 14.3. The van der Waals surface area contributed by atoms with Crippen LogP contribution >= 0.6 is 15.9 Å². The van der Waals surface area contributed by atoms with E-state index >= 15 is 0 Å². The number of rotatable bonds is 3. The zero-order chi connectivity index (χ0) is 16.2. The van der Waals surface area contributed by atoms with Crippen molar-refractivity contribution in [1.29, 1.82) is 0 Å². The number of amides is 1. The van der Waals surface area contributed by atoms with E-state index in [1.807, 2.05) is 35.2 Å². The second-order valence-corrected chi connectivity index (χ2v) is 6.47. The van der Waals surface area contributed by atoms with Gasteiger partial charge in [0.15, 0.2) is 0 Å². The summed E-state index contributed by atoms with van der Waals surface area (Å²) in [6.07, 6.45) is 0.404. The first kappa shape index (κ1) is 16.0. The number of carbonyl (C=O) groups excluding carboxylic acids is 1. The van der Waals surface area contributed by atoms with E-state index < -0.39 is 0 Å². The molecule has 1 amide bonds. The zero-order valence-corrected chi connectivity index (χ0v) is 14.3. The number of hydrogen-bond acceptors (Lipinski definition) is 2. The van der Waals surface area contributed by atoms with Gasteiger partial charge in [0.25, 0.3) is 0 Å². The Morgan fingerprint density at radius 3 is 2.48 bits per heavy atom. The summed E-state index contributed by atoms with van der Waals surface area (Å²) in [5.41, 5.74) is 1.88. The van der Waals surface area contributed by atoms with Crippen molar-refractivity contribution < 1.29 is 9.18 Å². The Kier molecular flexibility index (Phi) is 4.96. The van der Waals surface area contributed by atoms with Gasteiger partial charge in [-0.1, -0.05) is 40.2 Å². The summed E-state index contributed by atoms with van der Waals surface area (Å²) in [7, 11) is 0. The van der Waals surface area contributed by atoms with Crippen LogP contribution in [0.4, 0.5) is 10.1 Å². The van der Waals surface area contributed by atoms with E-state index in [4.69, 9.17) is 0 Å². The molecule has 0 unspecified atom stereocenters. The van der Waals surface area contributed by atoms with Crippen molar-refractivity contribution in [2.24, 2.45) is 0 Å². The molecule has 5 heteroatoms. The van der Waals surface area contributed by atoms with Crippen LogP contribution in [0.15, 0.2) is 53.0 Å². The van der Waals surface area contributed by atoms with E-state index in [0.29, 0.717) is 19.5 Å². The van der Waals surface area contributed by atoms with Crippen LogP contribution in [-0.4, -0.2) is 37.0 Å². The molecule has 0 N–H and O–H groups in total. The second-order valence-electron chi connectivity index (χ2n) is 5.62. The summed E-state index contributed by atoms with van der Waals surface area (Å²) in [5.74, 6) is -0.0919. The average molecular weight is 377 g/mol. The van der Waals surface area contributed by atoms with Crippen LogP contribution in [0.1, 0.15) is 5.56 Å². The standard InChI is InChI=1S/C18H18BrFN2O/c19-17-7-2-1-4-14(17)12-18(23)22-10-8-21(9-11-22)16-6-3-5-15(20)13-16/h1-7,13H,8-12H2. The maximum atomic E-state index is 13.3. The highest BCUT2D eigenvalue weighted by molar-refractivity contribution is 9.10. The minimum absolute atomic E-state index is 0.135. The Morgan fingerprint density at radius 2 is 1.78 bits per heavy atom. The molecule has 1 aliphatic rings. The van der Waals surface area contributed by atoms with Crippen molar-refractivity contribution in [3.8, 4) is 0 Å². The van der Waals surface area contributed by atoms with Crippen LogP contribution in [0.25, 0.3) is 0 Å². The summed E-state index contributed by atoms with van der Waals surface area (Å²) in [5, 5.41) is 0. The smallest absolute Gasteiger partial charge is 0.227 e. The lowest BCUT2D eigenvalue weighted by Crippen LogP contribution is -2.49. The fourth-order valence-electron chi connectivity index (χ4n) is 2.80. The van der Waals surface area contributed by atoms with Crippen LogP contribution < -0.4 is 4.90 Å². The molecule has 2 aromatic carbocycles. The van der Waals surface area contributed by atoms with E-state index in [1.54, 1.807) is 12.1 Å². The predicted molar refractivity (Wildman–Crippen MR) is 93.0 cm³/mol. The van der Waals surface area contributed by atoms with Crippen LogP contribution in [-0.2, 0) is 11.2 Å². The highest BCUT2D eigenvalue weighted by Gasteiger charge is 2.22. The summed E-state index contributed by atoms with van der Waals surface area (Å²) >= 11 is 3.48. The quantitative estimate of drug-likeness (QED) is 0.818. The highest BCUT2D eigenvalue weighted by Crippen LogP contribution is 2.20. The van der Waals surface area contributed by atoms with Crippen molar-refractivity contribution in [3.63, 3.8) is 0 Å². The molecule has 0 atom stereocenters. The number of carbonyl (C=O) groups is 1. The lowest BCUT2D eigenvalue weighted by Gasteiger charge is -2.36.